The minimum absolute atomic E-state index is 0.0616. The number of thioether (sulfide) groups is 1. The van der Waals surface area contributed by atoms with Gasteiger partial charge in [0.1, 0.15) is 17.1 Å². The monoisotopic (exact) mass is 383 g/mol. The molecule has 0 aliphatic carbocycles. The Morgan fingerprint density at radius 3 is 2.60 bits per heavy atom. The molecular formula is C15H14ClN3O5S. The van der Waals surface area contributed by atoms with E-state index in [0.29, 0.717) is 0 Å². The van der Waals surface area contributed by atoms with E-state index in [-0.39, 0.29) is 22.0 Å². The van der Waals surface area contributed by atoms with E-state index in [2.05, 4.69) is 5.32 Å². The zero-order chi connectivity index (χ0) is 18.4. The Morgan fingerprint density at radius 2 is 2.00 bits per heavy atom. The van der Waals surface area contributed by atoms with Gasteiger partial charge in [-0.25, -0.2) is 4.79 Å². The molecule has 5 N–H and O–H groups in total. The molecule has 132 valence electrons. The Labute approximate surface area is 151 Å². The van der Waals surface area contributed by atoms with Gasteiger partial charge in [-0.3, -0.25) is 20.2 Å². The average Bonchev–Trinajstić information content (AvgIpc) is 2.59. The Bertz CT molecular complexity index is 783. The third-order valence-electron chi connectivity index (χ3n) is 3.97. The second-order valence-corrected chi connectivity index (χ2v) is 7.11. The summed E-state index contributed by atoms with van der Waals surface area (Å²) in [6, 6.07) is 6.89. The van der Waals surface area contributed by atoms with E-state index in [9.17, 15) is 24.6 Å². The Kier molecular flexibility index (Phi) is 4.50. The van der Waals surface area contributed by atoms with Crippen molar-refractivity contribution in [1.29, 1.82) is 0 Å². The van der Waals surface area contributed by atoms with Crippen LogP contribution in [-0.2, 0) is 20.1 Å². The van der Waals surface area contributed by atoms with Gasteiger partial charge in [0, 0.05) is 11.3 Å². The highest BCUT2D eigenvalue weighted by Crippen LogP contribution is 2.41. The van der Waals surface area contributed by atoms with Crippen LogP contribution in [0.3, 0.4) is 0 Å². The maximum atomic E-state index is 12.3. The molecule has 1 aromatic carbocycles. The molecule has 1 aromatic rings. The number of β-lactam (4-membered cyclic amide) rings is 1. The van der Waals surface area contributed by atoms with Crippen molar-refractivity contribution in [3.8, 4) is 0 Å². The number of carboxylic acid groups (broad SMARTS) is 1. The van der Waals surface area contributed by atoms with Gasteiger partial charge in [-0.05, 0) is 0 Å². The number of aliphatic hydroxyl groups is 1. The summed E-state index contributed by atoms with van der Waals surface area (Å²) in [5.41, 5.74) is 3.27. The van der Waals surface area contributed by atoms with Crippen LogP contribution in [-0.4, -0.2) is 50.1 Å². The van der Waals surface area contributed by atoms with E-state index < -0.39 is 34.9 Å². The Balaban J connectivity index is 1.77. The number of carbonyl (C=O) groups is 3. The summed E-state index contributed by atoms with van der Waals surface area (Å²) in [6.07, 6.45) is 0. The highest BCUT2D eigenvalue weighted by Gasteiger charge is 2.55. The summed E-state index contributed by atoms with van der Waals surface area (Å²) >= 11 is 7.10. The molecule has 2 aliphatic heterocycles. The van der Waals surface area contributed by atoms with Crippen LogP contribution in [0.2, 0.25) is 0 Å². The Morgan fingerprint density at radius 1 is 1.36 bits per heavy atom. The SMILES string of the molecule is NC(O)(C(=O)N[C@@H]1C(=O)N2C(C(=O)O)=C(Cl)CS[C@H]12)c1ccccc1. The molecule has 0 saturated carbocycles. The predicted molar refractivity (Wildman–Crippen MR) is 90.1 cm³/mol. The van der Waals surface area contributed by atoms with Gasteiger partial charge in [-0.15, -0.1) is 11.8 Å². The van der Waals surface area contributed by atoms with Crippen LogP contribution in [0.1, 0.15) is 5.56 Å². The topological polar surface area (TPSA) is 133 Å². The van der Waals surface area contributed by atoms with Gasteiger partial charge in [0.05, 0.1) is 5.03 Å². The van der Waals surface area contributed by atoms with Gasteiger partial charge in [-0.1, -0.05) is 41.9 Å². The average molecular weight is 384 g/mol. The second-order valence-electron chi connectivity index (χ2n) is 5.55. The van der Waals surface area contributed by atoms with E-state index in [1.54, 1.807) is 18.2 Å². The first-order valence-corrected chi connectivity index (χ1v) is 8.62. The number of hydrogen-bond donors (Lipinski definition) is 4. The number of fused-ring (bicyclic) bond motifs is 1. The number of nitrogens with two attached hydrogens (primary N) is 1. The van der Waals surface area contributed by atoms with E-state index in [1.807, 2.05) is 0 Å². The third-order valence-corrected chi connectivity index (χ3v) is 5.72. The molecule has 0 aromatic heterocycles. The standard InChI is InChI=1S/C15H14ClN3O5S/c16-8-6-25-12-9(11(20)19(12)10(8)13(21)22)18-14(23)15(17,24)7-4-2-1-3-5-7/h1-5,9,12,24H,6,17H2,(H,18,23)(H,21,22)/t9-,12-,15?/m1/s1. The van der Waals surface area contributed by atoms with E-state index in [0.717, 1.165) is 4.90 Å². The minimum Gasteiger partial charge on any atom is -0.477 e. The van der Waals surface area contributed by atoms with Crippen LogP contribution in [0.4, 0.5) is 0 Å². The van der Waals surface area contributed by atoms with E-state index in [1.165, 1.54) is 23.9 Å². The van der Waals surface area contributed by atoms with Gasteiger partial charge in [0.2, 0.25) is 5.72 Å². The first kappa shape index (κ1) is 17.7. The maximum absolute atomic E-state index is 12.3. The van der Waals surface area contributed by atoms with Crippen molar-refractivity contribution in [1.82, 2.24) is 10.2 Å². The quantitative estimate of drug-likeness (QED) is 0.415. The number of benzene rings is 1. The molecule has 3 rings (SSSR count). The highest BCUT2D eigenvalue weighted by atomic mass is 35.5. The summed E-state index contributed by atoms with van der Waals surface area (Å²) in [5, 5.41) is 21.3. The molecule has 2 amide bonds. The molecule has 1 saturated heterocycles. The first-order chi connectivity index (χ1) is 11.7. The predicted octanol–water partition coefficient (Wildman–Crippen LogP) is -0.275. The third kappa shape index (κ3) is 2.89. The molecule has 3 atom stereocenters. The number of nitrogens with one attached hydrogen (secondary N) is 1. The lowest BCUT2D eigenvalue weighted by Crippen LogP contribution is -2.72. The number of carboxylic acids is 1. The number of halogens is 1. The van der Waals surface area contributed by atoms with Crippen LogP contribution in [0.5, 0.6) is 0 Å². The molecule has 10 heteroatoms. The van der Waals surface area contributed by atoms with Crippen molar-refractivity contribution in [2.75, 3.05) is 5.75 Å². The maximum Gasteiger partial charge on any atom is 0.353 e. The van der Waals surface area contributed by atoms with Crippen molar-refractivity contribution >= 4 is 41.1 Å². The number of carbonyl (C=O) groups excluding carboxylic acids is 2. The molecule has 0 spiro atoms. The fourth-order valence-corrected chi connectivity index (χ4v) is 4.21. The van der Waals surface area contributed by atoms with Crippen LogP contribution in [0.15, 0.2) is 41.1 Å². The van der Waals surface area contributed by atoms with Crippen molar-refractivity contribution < 1.29 is 24.6 Å². The van der Waals surface area contributed by atoms with E-state index in [4.69, 9.17) is 17.3 Å². The Hall–Kier alpha value is -2.07. The van der Waals surface area contributed by atoms with E-state index >= 15 is 0 Å². The molecule has 0 bridgehead atoms. The van der Waals surface area contributed by atoms with Gasteiger partial charge >= 0.3 is 5.97 Å². The van der Waals surface area contributed by atoms with Crippen molar-refractivity contribution in [2.45, 2.75) is 17.1 Å². The summed E-state index contributed by atoms with van der Waals surface area (Å²) < 4.78 is 0. The molecule has 8 nitrogen and oxygen atoms in total. The number of amides is 2. The van der Waals surface area contributed by atoms with Crippen LogP contribution < -0.4 is 11.1 Å². The summed E-state index contributed by atoms with van der Waals surface area (Å²) in [4.78, 5) is 36.9. The molecule has 0 radical (unpaired) electrons. The van der Waals surface area contributed by atoms with Crippen molar-refractivity contribution in [3.05, 3.63) is 46.6 Å². The van der Waals surface area contributed by atoms with Crippen LogP contribution >= 0.6 is 23.4 Å². The van der Waals surface area contributed by atoms with Crippen molar-refractivity contribution in [2.24, 2.45) is 5.73 Å². The molecular weight excluding hydrogens is 370 g/mol. The molecule has 2 heterocycles. The van der Waals surface area contributed by atoms with Gasteiger partial charge in [0.25, 0.3) is 11.8 Å². The molecule has 25 heavy (non-hydrogen) atoms. The summed E-state index contributed by atoms with van der Waals surface area (Å²) in [5.74, 6) is -2.68. The number of nitrogens with zero attached hydrogens (tertiary/aromatic N) is 1. The first-order valence-electron chi connectivity index (χ1n) is 7.19. The molecule has 1 fully saturated rings. The van der Waals surface area contributed by atoms with Crippen LogP contribution in [0.25, 0.3) is 0 Å². The normalized spacial score (nSPS) is 24.9. The summed E-state index contributed by atoms with van der Waals surface area (Å²) in [6.45, 7) is 0. The van der Waals surface area contributed by atoms with Crippen LogP contribution in [0, 0.1) is 0 Å². The van der Waals surface area contributed by atoms with Gasteiger partial charge < -0.3 is 15.5 Å². The second kappa shape index (κ2) is 6.34. The number of hydrogen-bond acceptors (Lipinski definition) is 6. The minimum atomic E-state index is -2.32. The molecule has 2 aliphatic rings. The lowest BCUT2D eigenvalue weighted by Gasteiger charge is -2.49. The number of rotatable bonds is 4. The largest absolute Gasteiger partial charge is 0.477 e. The van der Waals surface area contributed by atoms with Gasteiger partial charge in [-0.2, -0.15) is 0 Å². The lowest BCUT2D eigenvalue weighted by atomic mass is 10.00. The lowest BCUT2D eigenvalue weighted by molar-refractivity contribution is -0.154. The fraction of sp³-hybridized carbons (Fsp3) is 0.267. The molecule has 1 unspecified atom stereocenters. The van der Waals surface area contributed by atoms with Crippen molar-refractivity contribution in [3.63, 3.8) is 0 Å². The fourth-order valence-electron chi connectivity index (χ4n) is 2.66. The zero-order valence-corrected chi connectivity index (χ0v) is 14.3. The smallest absolute Gasteiger partial charge is 0.353 e. The van der Waals surface area contributed by atoms with Gasteiger partial charge in [0.15, 0.2) is 0 Å². The number of aliphatic carboxylic acids is 1. The summed E-state index contributed by atoms with van der Waals surface area (Å²) in [7, 11) is 0. The zero-order valence-electron chi connectivity index (χ0n) is 12.7. The highest BCUT2D eigenvalue weighted by molar-refractivity contribution is 8.00.